The van der Waals surface area contributed by atoms with Gasteiger partial charge in [0.05, 0.1) is 6.67 Å². The summed E-state index contributed by atoms with van der Waals surface area (Å²) in [5, 5.41) is 2.79. The zero-order chi connectivity index (χ0) is 15.2. The minimum atomic E-state index is -0.244. The molecule has 5 nitrogen and oxygen atoms in total. The number of rotatable bonds is 5. The smallest absolute Gasteiger partial charge is 0.319 e. The van der Waals surface area contributed by atoms with Gasteiger partial charge in [0.2, 0.25) is 5.91 Å². The van der Waals surface area contributed by atoms with Crippen molar-refractivity contribution in [2.45, 2.75) is 19.8 Å². The van der Waals surface area contributed by atoms with Gasteiger partial charge >= 0.3 is 6.03 Å². The van der Waals surface area contributed by atoms with E-state index in [2.05, 4.69) is 5.32 Å². The Morgan fingerprint density at radius 3 is 2.90 bits per heavy atom. The molecule has 0 aliphatic carbocycles. The SMILES string of the molecule is CCN1CN(C(=O)NCCCc2cccc(F)c2)CC1=O. The van der Waals surface area contributed by atoms with Crippen LogP contribution in [0.5, 0.6) is 0 Å². The molecule has 0 spiro atoms. The lowest BCUT2D eigenvalue weighted by Gasteiger charge is -2.17. The lowest BCUT2D eigenvalue weighted by atomic mass is 10.1. The maximum Gasteiger partial charge on any atom is 0.319 e. The topological polar surface area (TPSA) is 52.6 Å². The molecule has 0 bridgehead atoms. The Morgan fingerprint density at radius 2 is 2.24 bits per heavy atom. The fourth-order valence-corrected chi connectivity index (χ4v) is 2.30. The van der Waals surface area contributed by atoms with Crippen LogP contribution in [0.1, 0.15) is 18.9 Å². The molecule has 0 saturated carbocycles. The highest BCUT2D eigenvalue weighted by Crippen LogP contribution is 2.07. The van der Waals surface area contributed by atoms with E-state index >= 15 is 0 Å². The molecule has 0 radical (unpaired) electrons. The van der Waals surface area contributed by atoms with Crippen LogP contribution in [0.4, 0.5) is 9.18 Å². The predicted octanol–water partition coefficient (Wildman–Crippen LogP) is 1.59. The van der Waals surface area contributed by atoms with E-state index in [4.69, 9.17) is 0 Å². The number of nitrogens with one attached hydrogen (secondary N) is 1. The Balaban J connectivity index is 1.69. The van der Waals surface area contributed by atoms with Crippen LogP contribution < -0.4 is 5.32 Å². The number of likely N-dealkylation sites (N-methyl/N-ethyl adjacent to an activating group) is 1. The highest BCUT2D eigenvalue weighted by Gasteiger charge is 2.29. The zero-order valence-corrected chi connectivity index (χ0v) is 12.1. The summed E-state index contributed by atoms with van der Waals surface area (Å²) >= 11 is 0. The first-order valence-corrected chi connectivity index (χ1v) is 7.15. The summed E-state index contributed by atoms with van der Waals surface area (Å²) in [6.45, 7) is 3.50. The van der Waals surface area contributed by atoms with Crippen molar-refractivity contribution < 1.29 is 14.0 Å². The van der Waals surface area contributed by atoms with E-state index in [1.54, 1.807) is 11.0 Å². The molecule has 1 heterocycles. The van der Waals surface area contributed by atoms with E-state index in [1.165, 1.54) is 17.0 Å². The van der Waals surface area contributed by atoms with Gasteiger partial charge in [-0.15, -0.1) is 0 Å². The molecule has 1 aliphatic heterocycles. The normalized spacial score (nSPS) is 14.7. The lowest BCUT2D eigenvalue weighted by Crippen LogP contribution is -2.40. The molecule has 114 valence electrons. The largest absolute Gasteiger partial charge is 0.338 e. The van der Waals surface area contributed by atoms with Crippen LogP contribution in [0.2, 0.25) is 0 Å². The van der Waals surface area contributed by atoms with Crippen LogP contribution in [0.25, 0.3) is 0 Å². The Hall–Kier alpha value is -2.11. The van der Waals surface area contributed by atoms with E-state index in [1.807, 2.05) is 13.0 Å². The van der Waals surface area contributed by atoms with Crippen molar-refractivity contribution in [2.24, 2.45) is 0 Å². The van der Waals surface area contributed by atoms with Crippen molar-refractivity contribution >= 4 is 11.9 Å². The first-order valence-electron chi connectivity index (χ1n) is 7.15. The van der Waals surface area contributed by atoms with E-state index in [0.29, 0.717) is 26.2 Å². The number of carbonyl (C=O) groups is 2. The lowest BCUT2D eigenvalue weighted by molar-refractivity contribution is -0.126. The van der Waals surface area contributed by atoms with Gasteiger partial charge in [0.15, 0.2) is 0 Å². The van der Waals surface area contributed by atoms with Gasteiger partial charge in [0, 0.05) is 13.1 Å². The van der Waals surface area contributed by atoms with Gasteiger partial charge in [-0.05, 0) is 37.5 Å². The highest BCUT2D eigenvalue weighted by molar-refractivity contribution is 5.87. The minimum absolute atomic E-state index is 0.0209. The van der Waals surface area contributed by atoms with Crippen molar-refractivity contribution in [3.8, 4) is 0 Å². The summed E-state index contributed by atoms with van der Waals surface area (Å²) in [6, 6.07) is 6.23. The van der Waals surface area contributed by atoms with Crippen molar-refractivity contribution in [1.82, 2.24) is 15.1 Å². The number of hydrogen-bond acceptors (Lipinski definition) is 2. The molecule has 2 rings (SSSR count). The molecule has 1 saturated heterocycles. The Kier molecular flexibility index (Phi) is 5.14. The summed E-state index contributed by atoms with van der Waals surface area (Å²) in [5.41, 5.74) is 0.915. The zero-order valence-electron chi connectivity index (χ0n) is 12.1. The summed E-state index contributed by atoms with van der Waals surface area (Å²) in [4.78, 5) is 26.6. The number of halogens is 1. The monoisotopic (exact) mass is 293 g/mol. The van der Waals surface area contributed by atoms with Crippen LogP contribution in [0.15, 0.2) is 24.3 Å². The van der Waals surface area contributed by atoms with Crippen LogP contribution in [-0.2, 0) is 11.2 Å². The third-order valence-electron chi connectivity index (χ3n) is 3.50. The molecule has 1 aromatic carbocycles. The molecule has 1 fully saturated rings. The molecular weight excluding hydrogens is 273 g/mol. The molecule has 6 heteroatoms. The number of urea groups is 1. The second-order valence-corrected chi connectivity index (χ2v) is 5.05. The Morgan fingerprint density at radius 1 is 1.43 bits per heavy atom. The van der Waals surface area contributed by atoms with Gasteiger partial charge in [-0.3, -0.25) is 9.69 Å². The Labute approximate surface area is 123 Å². The quantitative estimate of drug-likeness (QED) is 0.838. The average Bonchev–Trinajstić information content (AvgIpc) is 2.85. The summed E-state index contributed by atoms with van der Waals surface area (Å²) in [7, 11) is 0. The first-order chi connectivity index (χ1) is 10.1. The second-order valence-electron chi connectivity index (χ2n) is 5.05. The number of aryl methyl sites for hydroxylation is 1. The minimum Gasteiger partial charge on any atom is -0.338 e. The summed E-state index contributed by atoms with van der Waals surface area (Å²) in [5.74, 6) is -0.265. The molecule has 3 amide bonds. The number of carbonyl (C=O) groups excluding carboxylic acids is 2. The third kappa shape index (κ3) is 4.18. The predicted molar refractivity (Wildman–Crippen MR) is 77.1 cm³/mol. The maximum absolute atomic E-state index is 13.0. The van der Waals surface area contributed by atoms with Crippen molar-refractivity contribution in [3.63, 3.8) is 0 Å². The summed E-state index contributed by atoms with van der Waals surface area (Å²) < 4.78 is 13.0. The van der Waals surface area contributed by atoms with Crippen molar-refractivity contribution in [1.29, 1.82) is 0 Å². The van der Waals surface area contributed by atoms with Crippen LogP contribution >= 0.6 is 0 Å². The van der Waals surface area contributed by atoms with Gasteiger partial charge in [-0.1, -0.05) is 12.1 Å². The Bertz CT molecular complexity index is 521. The first kappa shape index (κ1) is 15.3. The maximum atomic E-state index is 13.0. The second kappa shape index (κ2) is 7.06. The van der Waals surface area contributed by atoms with Gasteiger partial charge in [0.25, 0.3) is 0 Å². The third-order valence-corrected chi connectivity index (χ3v) is 3.50. The van der Waals surface area contributed by atoms with Gasteiger partial charge in [-0.2, -0.15) is 0 Å². The molecule has 21 heavy (non-hydrogen) atoms. The number of nitrogens with zero attached hydrogens (tertiary/aromatic N) is 2. The number of benzene rings is 1. The number of hydrogen-bond donors (Lipinski definition) is 1. The van der Waals surface area contributed by atoms with Crippen LogP contribution in [-0.4, -0.2) is 48.0 Å². The highest BCUT2D eigenvalue weighted by atomic mass is 19.1. The number of amides is 3. The van der Waals surface area contributed by atoms with Gasteiger partial charge in [-0.25, -0.2) is 9.18 Å². The van der Waals surface area contributed by atoms with E-state index < -0.39 is 0 Å². The van der Waals surface area contributed by atoms with E-state index in [0.717, 1.165) is 12.0 Å². The molecule has 1 N–H and O–H groups in total. The molecule has 0 unspecified atom stereocenters. The molecule has 1 aliphatic rings. The fourth-order valence-electron chi connectivity index (χ4n) is 2.30. The molecule has 0 atom stereocenters. The molecular formula is C15H20FN3O2. The van der Waals surface area contributed by atoms with Crippen LogP contribution in [0, 0.1) is 5.82 Å². The fraction of sp³-hybridized carbons (Fsp3) is 0.467. The molecule has 0 aromatic heterocycles. The van der Waals surface area contributed by atoms with Crippen LogP contribution in [0.3, 0.4) is 0 Å². The van der Waals surface area contributed by atoms with Crippen molar-refractivity contribution in [2.75, 3.05) is 26.3 Å². The molecule has 1 aromatic rings. The van der Waals surface area contributed by atoms with Gasteiger partial charge < -0.3 is 10.2 Å². The van der Waals surface area contributed by atoms with E-state index in [9.17, 15) is 14.0 Å². The van der Waals surface area contributed by atoms with E-state index in [-0.39, 0.29) is 24.3 Å². The standard InChI is InChI=1S/C15H20FN3O2/c1-2-18-11-19(10-14(18)20)15(21)17-8-4-6-12-5-3-7-13(16)9-12/h3,5,7,9H,2,4,6,8,10-11H2,1H3,(H,17,21). The van der Waals surface area contributed by atoms with Crippen molar-refractivity contribution in [3.05, 3.63) is 35.6 Å². The average molecular weight is 293 g/mol. The summed E-state index contributed by atoms with van der Waals surface area (Å²) in [6.07, 6.45) is 1.44. The van der Waals surface area contributed by atoms with Gasteiger partial charge in [0.1, 0.15) is 12.4 Å².